The summed E-state index contributed by atoms with van der Waals surface area (Å²) in [6.45, 7) is 2.06. The average molecular weight is 167 g/mol. The van der Waals surface area contributed by atoms with Crippen LogP contribution in [0.1, 0.15) is 6.92 Å². The minimum Gasteiger partial charge on any atom is -0.394 e. The minimum atomic E-state index is 0.0832. The van der Waals surface area contributed by atoms with Gasteiger partial charge in [-0.1, -0.05) is 0 Å². The maximum atomic E-state index is 8.88. The highest BCUT2D eigenvalue weighted by Gasteiger charge is 2.08. The van der Waals surface area contributed by atoms with Crippen LogP contribution in [0, 0.1) is 0 Å². The molecule has 0 aliphatic carbocycles. The van der Waals surface area contributed by atoms with Crippen molar-refractivity contribution in [3.05, 3.63) is 18.6 Å². The lowest BCUT2D eigenvalue weighted by molar-refractivity contribution is 0.270. The molecule has 4 heteroatoms. The second kappa shape index (κ2) is 4.01. The molecule has 0 aliphatic heterocycles. The zero-order chi connectivity index (χ0) is 8.97. The lowest BCUT2D eigenvalue weighted by Crippen LogP contribution is -2.32. The van der Waals surface area contributed by atoms with Gasteiger partial charge in [0.1, 0.15) is 12.1 Å². The van der Waals surface area contributed by atoms with Gasteiger partial charge in [0.05, 0.1) is 12.6 Å². The van der Waals surface area contributed by atoms with Crippen LogP contribution in [0.4, 0.5) is 5.82 Å². The van der Waals surface area contributed by atoms with Crippen LogP contribution in [-0.2, 0) is 0 Å². The Hall–Kier alpha value is -1.16. The largest absolute Gasteiger partial charge is 0.394 e. The lowest BCUT2D eigenvalue weighted by Gasteiger charge is -2.23. The Morgan fingerprint density at radius 2 is 2.42 bits per heavy atom. The number of aromatic nitrogens is 2. The van der Waals surface area contributed by atoms with Crippen molar-refractivity contribution < 1.29 is 5.11 Å². The van der Waals surface area contributed by atoms with E-state index in [0.717, 1.165) is 5.82 Å². The van der Waals surface area contributed by atoms with Gasteiger partial charge in [-0.15, -0.1) is 0 Å². The van der Waals surface area contributed by atoms with Crippen LogP contribution >= 0.6 is 0 Å². The third-order valence-electron chi connectivity index (χ3n) is 1.85. The molecule has 66 valence electrons. The van der Waals surface area contributed by atoms with Crippen molar-refractivity contribution in [2.24, 2.45) is 0 Å². The highest BCUT2D eigenvalue weighted by molar-refractivity contribution is 5.36. The van der Waals surface area contributed by atoms with E-state index in [1.165, 1.54) is 6.33 Å². The fraction of sp³-hybridized carbons (Fsp3) is 0.500. The number of aliphatic hydroxyl groups excluding tert-OH is 1. The monoisotopic (exact) mass is 167 g/mol. The molecule has 0 amide bonds. The molecule has 4 nitrogen and oxygen atoms in total. The maximum absolute atomic E-state index is 8.88. The van der Waals surface area contributed by atoms with Crippen LogP contribution in [0.3, 0.4) is 0 Å². The van der Waals surface area contributed by atoms with Gasteiger partial charge in [0.15, 0.2) is 0 Å². The van der Waals surface area contributed by atoms with Crippen molar-refractivity contribution in [2.75, 3.05) is 18.6 Å². The molecule has 0 fully saturated rings. The molecular formula is C8H13N3O. The Morgan fingerprint density at radius 1 is 1.67 bits per heavy atom. The molecule has 1 heterocycles. The number of likely N-dealkylation sites (N-methyl/N-ethyl adjacent to an activating group) is 1. The molecule has 0 aromatic carbocycles. The van der Waals surface area contributed by atoms with Crippen LogP contribution in [-0.4, -0.2) is 34.8 Å². The van der Waals surface area contributed by atoms with Crippen LogP contribution < -0.4 is 4.90 Å². The molecule has 12 heavy (non-hydrogen) atoms. The van der Waals surface area contributed by atoms with Gasteiger partial charge in [0, 0.05) is 13.2 Å². The summed E-state index contributed by atoms with van der Waals surface area (Å²) < 4.78 is 0. The highest BCUT2D eigenvalue weighted by Crippen LogP contribution is 2.08. The highest BCUT2D eigenvalue weighted by atomic mass is 16.3. The third-order valence-corrected chi connectivity index (χ3v) is 1.85. The first-order chi connectivity index (χ1) is 5.75. The van der Waals surface area contributed by atoms with E-state index < -0.39 is 0 Å². The first kappa shape index (κ1) is 8.93. The molecule has 0 aliphatic rings. The number of aliphatic hydroxyl groups is 1. The lowest BCUT2D eigenvalue weighted by atomic mass is 10.3. The van der Waals surface area contributed by atoms with E-state index in [-0.39, 0.29) is 12.6 Å². The van der Waals surface area contributed by atoms with Gasteiger partial charge in [-0.05, 0) is 13.0 Å². The van der Waals surface area contributed by atoms with Crippen LogP contribution in [0.5, 0.6) is 0 Å². The van der Waals surface area contributed by atoms with E-state index in [0.29, 0.717) is 0 Å². The molecule has 0 spiro atoms. The summed E-state index contributed by atoms with van der Waals surface area (Å²) in [5.74, 6) is 0.826. The van der Waals surface area contributed by atoms with E-state index in [1.807, 2.05) is 24.9 Å². The van der Waals surface area contributed by atoms with Crippen LogP contribution in [0.2, 0.25) is 0 Å². The Morgan fingerprint density at radius 3 is 2.92 bits per heavy atom. The molecule has 1 aromatic heterocycles. The van der Waals surface area contributed by atoms with Gasteiger partial charge in [-0.25, -0.2) is 9.97 Å². The van der Waals surface area contributed by atoms with E-state index in [2.05, 4.69) is 9.97 Å². The van der Waals surface area contributed by atoms with E-state index >= 15 is 0 Å². The number of anilines is 1. The van der Waals surface area contributed by atoms with E-state index in [1.54, 1.807) is 6.20 Å². The van der Waals surface area contributed by atoms with Crippen molar-refractivity contribution in [2.45, 2.75) is 13.0 Å². The summed E-state index contributed by atoms with van der Waals surface area (Å²) >= 11 is 0. The van der Waals surface area contributed by atoms with E-state index in [9.17, 15) is 0 Å². The number of hydrogen-bond donors (Lipinski definition) is 1. The predicted octanol–water partition coefficient (Wildman–Crippen LogP) is 0.294. The number of nitrogens with zero attached hydrogens (tertiary/aromatic N) is 3. The fourth-order valence-corrected chi connectivity index (χ4v) is 0.841. The molecule has 1 unspecified atom stereocenters. The van der Waals surface area contributed by atoms with Gasteiger partial charge in [-0.3, -0.25) is 0 Å². The summed E-state index contributed by atoms with van der Waals surface area (Å²) in [6, 6.07) is 1.89. The molecule has 1 rings (SSSR count). The van der Waals surface area contributed by atoms with Crippen molar-refractivity contribution in [3.8, 4) is 0 Å². The van der Waals surface area contributed by atoms with Gasteiger partial charge in [0.2, 0.25) is 0 Å². The smallest absolute Gasteiger partial charge is 0.131 e. The summed E-state index contributed by atoms with van der Waals surface area (Å²) in [6.07, 6.45) is 3.18. The zero-order valence-corrected chi connectivity index (χ0v) is 7.31. The summed E-state index contributed by atoms with van der Waals surface area (Å²) in [7, 11) is 1.89. The van der Waals surface area contributed by atoms with Crippen molar-refractivity contribution in [1.29, 1.82) is 0 Å². The number of hydrogen-bond acceptors (Lipinski definition) is 4. The predicted molar refractivity (Wildman–Crippen MR) is 47.0 cm³/mol. The van der Waals surface area contributed by atoms with Crippen molar-refractivity contribution in [1.82, 2.24) is 9.97 Å². The second-order valence-corrected chi connectivity index (χ2v) is 2.71. The third kappa shape index (κ3) is 1.92. The Labute approximate surface area is 71.9 Å². The summed E-state index contributed by atoms with van der Waals surface area (Å²) in [4.78, 5) is 9.77. The Kier molecular flexibility index (Phi) is 2.99. The van der Waals surface area contributed by atoms with Crippen molar-refractivity contribution in [3.63, 3.8) is 0 Å². The normalized spacial score (nSPS) is 12.6. The van der Waals surface area contributed by atoms with Gasteiger partial charge < -0.3 is 10.0 Å². The molecular weight excluding hydrogens is 154 g/mol. The quantitative estimate of drug-likeness (QED) is 0.703. The van der Waals surface area contributed by atoms with Crippen LogP contribution in [0.25, 0.3) is 0 Å². The standard InChI is InChI=1S/C8H13N3O/c1-7(5-12)11(2)8-3-4-9-6-10-8/h3-4,6-7,12H,5H2,1-2H3. The molecule has 0 radical (unpaired) electrons. The molecule has 1 N–H and O–H groups in total. The summed E-state index contributed by atoms with van der Waals surface area (Å²) in [5.41, 5.74) is 0. The van der Waals surface area contributed by atoms with Gasteiger partial charge in [-0.2, -0.15) is 0 Å². The first-order valence-electron chi connectivity index (χ1n) is 3.85. The Bertz CT molecular complexity index is 227. The Balaban J connectivity index is 2.71. The second-order valence-electron chi connectivity index (χ2n) is 2.71. The van der Waals surface area contributed by atoms with Gasteiger partial charge >= 0.3 is 0 Å². The molecule has 0 saturated heterocycles. The van der Waals surface area contributed by atoms with E-state index in [4.69, 9.17) is 5.11 Å². The zero-order valence-electron chi connectivity index (χ0n) is 7.31. The number of rotatable bonds is 3. The van der Waals surface area contributed by atoms with Crippen LogP contribution in [0.15, 0.2) is 18.6 Å². The molecule has 0 saturated carbocycles. The van der Waals surface area contributed by atoms with Gasteiger partial charge in [0.25, 0.3) is 0 Å². The molecule has 1 aromatic rings. The first-order valence-corrected chi connectivity index (χ1v) is 3.85. The SMILES string of the molecule is CC(CO)N(C)c1ccncn1. The van der Waals surface area contributed by atoms with Crippen molar-refractivity contribution >= 4 is 5.82 Å². The summed E-state index contributed by atoms with van der Waals surface area (Å²) in [5, 5.41) is 8.88. The minimum absolute atomic E-state index is 0.0832. The maximum Gasteiger partial charge on any atom is 0.131 e. The average Bonchev–Trinajstić information content (AvgIpc) is 2.17. The fourth-order valence-electron chi connectivity index (χ4n) is 0.841. The molecule has 0 bridgehead atoms. The topological polar surface area (TPSA) is 49.2 Å². The molecule has 1 atom stereocenters.